The molecule has 5 heteroatoms. The quantitative estimate of drug-likeness (QED) is 0.754. The number of nitrogens with zero attached hydrogens (tertiary/aromatic N) is 4. The van der Waals surface area contributed by atoms with Crippen LogP contribution in [0.1, 0.15) is 19.2 Å². The minimum atomic E-state index is 0.940. The van der Waals surface area contributed by atoms with Gasteiger partial charge in [-0.05, 0) is 13.0 Å². The van der Waals surface area contributed by atoms with Gasteiger partial charge in [0.15, 0.2) is 0 Å². The second kappa shape index (κ2) is 4.61. The standard InChI is InChI=1S/C10H19N5/c1-3-9-12-13-10(14(9)2)15-7-4-5-11-6-8-15/h11H,3-8H2,1-2H3. The first-order chi connectivity index (χ1) is 7.33. The lowest BCUT2D eigenvalue weighted by molar-refractivity contribution is 0.723. The fourth-order valence-electron chi connectivity index (χ4n) is 1.98. The van der Waals surface area contributed by atoms with Crippen LogP contribution in [-0.2, 0) is 13.5 Å². The van der Waals surface area contributed by atoms with Crippen LogP contribution in [0.15, 0.2) is 0 Å². The minimum Gasteiger partial charge on any atom is -0.340 e. The van der Waals surface area contributed by atoms with Gasteiger partial charge in [0, 0.05) is 33.1 Å². The van der Waals surface area contributed by atoms with Crippen molar-refractivity contribution in [2.24, 2.45) is 7.05 Å². The van der Waals surface area contributed by atoms with E-state index in [4.69, 9.17) is 0 Å². The minimum absolute atomic E-state index is 0.940. The summed E-state index contributed by atoms with van der Waals surface area (Å²) in [6.07, 6.45) is 2.11. The van der Waals surface area contributed by atoms with Gasteiger partial charge in [0.05, 0.1) is 0 Å². The van der Waals surface area contributed by atoms with Gasteiger partial charge in [-0.25, -0.2) is 0 Å². The fourth-order valence-corrected chi connectivity index (χ4v) is 1.98. The molecule has 2 rings (SSSR count). The fraction of sp³-hybridized carbons (Fsp3) is 0.800. The smallest absolute Gasteiger partial charge is 0.227 e. The maximum Gasteiger partial charge on any atom is 0.227 e. The van der Waals surface area contributed by atoms with Crippen molar-refractivity contribution < 1.29 is 0 Å². The van der Waals surface area contributed by atoms with Crippen molar-refractivity contribution in [3.63, 3.8) is 0 Å². The third kappa shape index (κ3) is 2.12. The molecule has 0 amide bonds. The van der Waals surface area contributed by atoms with Crippen LogP contribution in [0.4, 0.5) is 5.95 Å². The molecule has 0 bridgehead atoms. The van der Waals surface area contributed by atoms with Crippen molar-refractivity contribution in [3.05, 3.63) is 5.82 Å². The molecule has 0 aromatic carbocycles. The Morgan fingerprint density at radius 3 is 2.87 bits per heavy atom. The van der Waals surface area contributed by atoms with E-state index in [9.17, 15) is 0 Å². The highest BCUT2D eigenvalue weighted by molar-refractivity contribution is 5.31. The van der Waals surface area contributed by atoms with Gasteiger partial charge in [-0.1, -0.05) is 6.92 Å². The Bertz CT molecular complexity index is 312. The highest BCUT2D eigenvalue weighted by atomic mass is 15.4. The van der Waals surface area contributed by atoms with Crippen LogP contribution in [0.25, 0.3) is 0 Å². The molecule has 0 radical (unpaired) electrons. The summed E-state index contributed by atoms with van der Waals surface area (Å²) in [4.78, 5) is 2.31. The van der Waals surface area contributed by atoms with Gasteiger partial charge >= 0.3 is 0 Å². The molecule has 1 N–H and O–H groups in total. The molecule has 0 aliphatic carbocycles. The lowest BCUT2D eigenvalue weighted by Crippen LogP contribution is -2.30. The zero-order valence-electron chi connectivity index (χ0n) is 9.53. The SMILES string of the molecule is CCc1nnc(N2CCCNCC2)n1C. The molecular weight excluding hydrogens is 190 g/mol. The molecule has 1 aliphatic heterocycles. The Kier molecular flexibility index (Phi) is 3.20. The van der Waals surface area contributed by atoms with Crippen LogP contribution in [0.2, 0.25) is 0 Å². The molecule has 1 aromatic rings. The van der Waals surface area contributed by atoms with Gasteiger partial charge in [-0.3, -0.25) is 0 Å². The monoisotopic (exact) mass is 209 g/mol. The van der Waals surface area contributed by atoms with Gasteiger partial charge in [-0.2, -0.15) is 0 Å². The number of aryl methyl sites for hydroxylation is 1. The average Bonchev–Trinajstić information content (AvgIpc) is 2.49. The summed E-state index contributed by atoms with van der Waals surface area (Å²) in [5.41, 5.74) is 0. The molecule has 1 aliphatic rings. The second-order valence-electron chi connectivity index (χ2n) is 3.92. The first-order valence-corrected chi connectivity index (χ1v) is 5.67. The second-order valence-corrected chi connectivity index (χ2v) is 3.92. The van der Waals surface area contributed by atoms with E-state index in [0.29, 0.717) is 0 Å². The van der Waals surface area contributed by atoms with Crippen LogP contribution in [0.3, 0.4) is 0 Å². The summed E-state index contributed by atoms with van der Waals surface area (Å²) in [7, 11) is 2.05. The molecule has 0 spiro atoms. The van der Waals surface area contributed by atoms with Crippen molar-refractivity contribution >= 4 is 5.95 Å². The van der Waals surface area contributed by atoms with Crippen LogP contribution in [0.5, 0.6) is 0 Å². The lowest BCUT2D eigenvalue weighted by atomic mass is 10.4. The van der Waals surface area contributed by atoms with Gasteiger partial charge < -0.3 is 14.8 Å². The molecule has 0 unspecified atom stereocenters. The molecule has 84 valence electrons. The molecule has 0 atom stereocenters. The number of aromatic nitrogens is 3. The summed E-state index contributed by atoms with van der Waals surface area (Å²) in [6, 6.07) is 0. The predicted octanol–water partition coefficient (Wildman–Crippen LogP) is 0.177. The topological polar surface area (TPSA) is 46.0 Å². The van der Waals surface area contributed by atoms with Crippen molar-refractivity contribution in [1.82, 2.24) is 20.1 Å². The number of anilines is 1. The van der Waals surface area contributed by atoms with Gasteiger partial charge in [0.2, 0.25) is 5.95 Å². The molecule has 1 aromatic heterocycles. The zero-order chi connectivity index (χ0) is 10.7. The third-order valence-electron chi connectivity index (χ3n) is 2.88. The maximum absolute atomic E-state index is 4.26. The Morgan fingerprint density at radius 2 is 2.13 bits per heavy atom. The molecule has 1 fully saturated rings. The van der Waals surface area contributed by atoms with E-state index in [1.54, 1.807) is 0 Å². The highest BCUT2D eigenvalue weighted by Gasteiger charge is 2.15. The van der Waals surface area contributed by atoms with E-state index in [2.05, 4.69) is 31.9 Å². The first-order valence-electron chi connectivity index (χ1n) is 5.67. The average molecular weight is 209 g/mol. The van der Waals surface area contributed by atoms with E-state index in [1.807, 2.05) is 7.05 Å². The molecule has 2 heterocycles. The molecule has 5 nitrogen and oxygen atoms in total. The van der Waals surface area contributed by atoms with Crippen LogP contribution in [0, 0.1) is 0 Å². The van der Waals surface area contributed by atoms with E-state index in [-0.39, 0.29) is 0 Å². The van der Waals surface area contributed by atoms with Crippen molar-refractivity contribution in [1.29, 1.82) is 0 Å². The first kappa shape index (κ1) is 10.4. The van der Waals surface area contributed by atoms with Gasteiger partial charge in [0.25, 0.3) is 0 Å². The van der Waals surface area contributed by atoms with E-state index < -0.39 is 0 Å². The van der Waals surface area contributed by atoms with Crippen molar-refractivity contribution in [2.75, 3.05) is 31.1 Å². The zero-order valence-corrected chi connectivity index (χ0v) is 9.53. The van der Waals surface area contributed by atoms with Crippen LogP contribution < -0.4 is 10.2 Å². The molecule has 1 saturated heterocycles. The van der Waals surface area contributed by atoms with E-state index in [0.717, 1.165) is 44.4 Å². The van der Waals surface area contributed by atoms with Crippen molar-refractivity contribution in [3.8, 4) is 0 Å². The normalized spacial score (nSPS) is 17.9. The van der Waals surface area contributed by atoms with Crippen LogP contribution in [-0.4, -0.2) is 40.9 Å². The predicted molar refractivity (Wildman–Crippen MR) is 60.1 cm³/mol. The summed E-state index contributed by atoms with van der Waals surface area (Å²) in [5.74, 6) is 2.07. The van der Waals surface area contributed by atoms with Crippen LogP contribution >= 0.6 is 0 Å². The summed E-state index contributed by atoms with van der Waals surface area (Å²) in [6.45, 7) is 6.35. The van der Waals surface area contributed by atoms with E-state index in [1.165, 1.54) is 6.42 Å². The Balaban J connectivity index is 2.16. The maximum atomic E-state index is 4.26. The number of hydrogen-bond acceptors (Lipinski definition) is 4. The lowest BCUT2D eigenvalue weighted by Gasteiger charge is -2.20. The summed E-state index contributed by atoms with van der Waals surface area (Å²) in [5, 5.41) is 11.8. The Labute approximate surface area is 90.5 Å². The Morgan fingerprint density at radius 1 is 1.27 bits per heavy atom. The van der Waals surface area contributed by atoms with E-state index >= 15 is 0 Å². The highest BCUT2D eigenvalue weighted by Crippen LogP contribution is 2.12. The molecule has 15 heavy (non-hydrogen) atoms. The number of hydrogen-bond donors (Lipinski definition) is 1. The number of nitrogens with one attached hydrogen (secondary N) is 1. The Hall–Kier alpha value is -1.10. The molecule has 0 saturated carbocycles. The molecular formula is C10H19N5. The van der Waals surface area contributed by atoms with Crippen molar-refractivity contribution in [2.45, 2.75) is 19.8 Å². The summed E-state index contributed by atoms with van der Waals surface area (Å²) < 4.78 is 2.10. The van der Waals surface area contributed by atoms with Gasteiger partial charge in [0.1, 0.15) is 5.82 Å². The number of rotatable bonds is 2. The van der Waals surface area contributed by atoms with Gasteiger partial charge in [-0.15, -0.1) is 10.2 Å². The summed E-state index contributed by atoms with van der Waals surface area (Å²) >= 11 is 0. The largest absolute Gasteiger partial charge is 0.340 e. The third-order valence-corrected chi connectivity index (χ3v) is 2.88.